The molecule has 2 bridgehead atoms. The van der Waals surface area contributed by atoms with Crippen molar-refractivity contribution in [2.75, 3.05) is 18.5 Å². The second-order valence-corrected chi connectivity index (χ2v) is 10.0. The van der Waals surface area contributed by atoms with Gasteiger partial charge in [0, 0.05) is 35.8 Å². The minimum atomic E-state index is -0.194. The second-order valence-electron chi connectivity index (χ2n) is 10.0. The average Bonchev–Trinajstić information content (AvgIpc) is 2.88. The number of amides is 1. The van der Waals surface area contributed by atoms with E-state index in [1.165, 1.54) is 0 Å². The molecule has 190 valence electrons. The number of aryl methyl sites for hydroxylation is 2. The zero-order valence-electron chi connectivity index (χ0n) is 20.2. The molecular weight excluding hydrogens is 482 g/mol. The summed E-state index contributed by atoms with van der Waals surface area (Å²) in [6.07, 6.45) is 4.73. The van der Waals surface area contributed by atoms with Gasteiger partial charge in [-0.2, -0.15) is 0 Å². The van der Waals surface area contributed by atoms with Gasteiger partial charge in [0.1, 0.15) is 5.65 Å². The van der Waals surface area contributed by atoms with E-state index in [1.807, 2.05) is 37.3 Å². The minimum Gasteiger partial charge on any atom is -0.480 e. The van der Waals surface area contributed by atoms with E-state index in [9.17, 15) is 9.59 Å². The molecule has 2 N–H and O–H groups in total. The topological polar surface area (TPSA) is 107 Å². The number of anilines is 1. The summed E-state index contributed by atoms with van der Waals surface area (Å²) in [6.45, 7) is 3.80. The van der Waals surface area contributed by atoms with E-state index in [1.54, 1.807) is 10.6 Å². The highest BCUT2D eigenvalue weighted by Gasteiger charge is 2.49. The van der Waals surface area contributed by atoms with E-state index in [0.717, 1.165) is 54.5 Å². The number of hydrogen-bond donors (Lipinski definition) is 2. The third kappa shape index (κ3) is 4.58. The molecule has 1 aliphatic carbocycles. The van der Waals surface area contributed by atoms with Crippen LogP contribution in [0.4, 0.5) is 5.82 Å². The van der Waals surface area contributed by atoms with Crippen molar-refractivity contribution in [2.24, 2.45) is 0 Å². The van der Waals surface area contributed by atoms with Gasteiger partial charge in [-0.15, -0.1) is 12.4 Å². The molecule has 2 saturated heterocycles. The van der Waals surface area contributed by atoms with Crippen molar-refractivity contribution < 1.29 is 14.3 Å². The molecule has 0 atom stereocenters. The number of carbonyl (C=O) groups is 1. The van der Waals surface area contributed by atoms with Gasteiger partial charge in [-0.1, -0.05) is 0 Å². The SMILES string of the molecule is Cc1ccc2ccc(=O)n(CCC34CCC(NCc5ccc6c(n5)NC(=O)CO6)(CC3)CO4)c2n1.Cl. The zero-order chi connectivity index (χ0) is 24.0. The molecule has 0 spiro atoms. The summed E-state index contributed by atoms with van der Waals surface area (Å²) in [4.78, 5) is 33.4. The fourth-order valence-electron chi connectivity index (χ4n) is 5.48. The Hall–Kier alpha value is -3.01. The molecule has 3 fully saturated rings. The number of carbonyl (C=O) groups excluding carboxylic acids is 1. The maximum atomic E-state index is 12.6. The van der Waals surface area contributed by atoms with Crippen LogP contribution in [0.2, 0.25) is 0 Å². The molecule has 0 unspecified atom stereocenters. The number of pyridine rings is 3. The number of fused-ring (bicyclic) bond motifs is 5. The van der Waals surface area contributed by atoms with Crippen molar-refractivity contribution in [3.05, 3.63) is 58.1 Å². The molecule has 7 rings (SSSR count). The van der Waals surface area contributed by atoms with Crippen LogP contribution in [0, 0.1) is 6.92 Å². The first-order valence-corrected chi connectivity index (χ1v) is 12.2. The molecule has 1 saturated carbocycles. The summed E-state index contributed by atoms with van der Waals surface area (Å²) in [5.41, 5.74) is 2.21. The lowest BCUT2D eigenvalue weighted by Crippen LogP contribution is -2.61. The molecule has 4 aliphatic rings. The number of nitrogens with one attached hydrogen (secondary N) is 2. The standard InChI is InChI=1S/C26H29N5O4.ClH/c1-17-2-3-18-4-7-22(33)31(24(18)28-17)13-12-26-10-8-25(9-11-26,16-35-26)27-14-19-5-6-20-23(29-19)30-21(32)15-34-20;/h2-7,27H,8-16H2,1H3,(H,29,30,32);1H. The highest BCUT2D eigenvalue weighted by molar-refractivity contribution is 5.94. The van der Waals surface area contributed by atoms with Crippen molar-refractivity contribution in [3.63, 3.8) is 0 Å². The molecule has 3 aromatic heterocycles. The highest BCUT2D eigenvalue weighted by atomic mass is 35.5. The van der Waals surface area contributed by atoms with Gasteiger partial charge in [-0.25, -0.2) is 9.97 Å². The molecule has 36 heavy (non-hydrogen) atoms. The Kier molecular flexibility index (Phi) is 6.48. The molecule has 0 aromatic carbocycles. The largest absolute Gasteiger partial charge is 0.480 e. The van der Waals surface area contributed by atoms with Gasteiger partial charge < -0.3 is 20.1 Å². The van der Waals surface area contributed by atoms with E-state index < -0.39 is 0 Å². The summed E-state index contributed by atoms with van der Waals surface area (Å²) < 4.78 is 13.6. The van der Waals surface area contributed by atoms with Crippen molar-refractivity contribution in [1.82, 2.24) is 19.9 Å². The number of aromatic nitrogens is 3. The normalized spacial score (nSPS) is 24.5. The Morgan fingerprint density at radius 2 is 1.86 bits per heavy atom. The van der Waals surface area contributed by atoms with Crippen LogP contribution in [0.15, 0.2) is 41.2 Å². The Morgan fingerprint density at radius 1 is 1.06 bits per heavy atom. The number of hydrogen-bond acceptors (Lipinski definition) is 7. The van der Waals surface area contributed by atoms with Crippen LogP contribution in [0.3, 0.4) is 0 Å². The van der Waals surface area contributed by atoms with Crippen LogP contribution in [0.25, 0.3) is 11.0 Å². The van der Waals surface area contributed by atoms with Crippen LogP contribution in [0.1, 0.15) is 43.5 Å². The lowest BCUT2D eigenvalue weighted by molar-refractivity contribution is -0.167. The van der Waals surface area contributed by atoms with Gasteiger partial charge in [0.05, 0.1) is 17.9 Å². The van der Waals surface area contributed by atoms with E-state index in [4.69, 9.17) is 9.47 Å². The molecule has 9 nitrogen and oxygen atoms in total. The lowest BCUT2D eigenvalue weighted by atomic mass is 9.70. The average molecular weight is 512 g/mol. The number of rotatable bonds is 6. The highest BCUT2D eigenvalue weighted by Crippen LogP contribution is 2.45. The smallest absolute Gasteiger partial charge is 0.263 e. The van der Waals surface area contributed by atoms with Crippen LogP contribution >= 0.6 is 12.4 Å². The van der Waals surface area contributed by atoms with Gasteiger partial charge in [0.2, 0.25) is 0 Å². The summed E-state index contributed by atoms with van der Waals surface area (Å²) in [7, 11) is 0. The summed E-state index contributed by atoms with van der Waals surface area (Å²) in [6, 6.07) is 11.2. The van der Waals surface area contributed by atoms with Crippen LogP contribution in [-0.2, 0) is 22.6 Å². The van der Waals surface area contributed by atoms with Crippen molar-refractivity contribution in [1.29, 1.82) is 0 Å². The third-order valence-corrected chi connectivity index (χ3v) is 7.71. The minimum absolute atomic E-state index is 0. The molecule has 3 aliphatic heterocycles. The quantitative estimate of drug-likeness (QED) is 0.523. The molecule has 0 radical (unpaired) electrons. The maximum absolute atomic E-state index is 12.6. The summed E-state index contributed by atoms with van der Waals surface area (Å²) in [5.74, 6) is 0.897. The fourth-order valence-corrected chi connectivity index (χ4v) is 5.48. The first-order chi connectivity index (χ1) is 16.9. The van der Waals surface area contributed by atoms with Crippen LogP contribution in [0.5, 0.6) is 5.75 Å². The summed E-state index contributed by atoms with van der Waals surface area (Å²) >= 11 is 0. The number of halogens is 1. The van der Waals surface area contributed by atoms with Gasteiger partial charge in [-0.3, -0.25) is 14.2 Å². The molecule has 6 heterocycles. The van der Waals surface area contributed by atoms with E-state index in [-0.39, 0.29) is 41.6 Å². The molecular formula is C26H30ClN5O4. The van der Waals surface area contributed by atoms with Crippen molar-refractivity contribution in [3.8, 4) is 5.75 Å². The Balaban J connectivity index is 0.00000267. The molecule has 1 amide bonds. The fraction of sp³-hybridized carbons (Fsp3) is 0.462. The monoisotopic (exact) mass is 511 g/mol. The van der Waals surface area contributed by atoms with Crippen molar-refractivity contribution in [2.45, 2.75) is 63.3 Å². The lowest BCUT2D eigenvalue weighted by Gasteiger charge is -2.53. The molecule has 10 heteroatoms. The van der Waals surface area contributed by atoms with Gasteiger partial charge in [-0.05, 0) is 69.4 Å². The van der Waals surface area contributed by atoms with E-state index in [2.05, 4.69) is 20.6 Å². The molecule has 3 aromatic rings. The first-order valence-electron chi connectivity index (χ1n) is 12.2. The van der Waals surface area contributed by atoms with Crippen LogP contribution < -0.4 is 20.9 Å². The Bertz CT molecular complexity index is 1350. The third-order valence-electron chi connectivity index (χ3n) is 7.71. The Morgan fingerprint density at radius 3 is 2.64 bits per heavy atom. The van der Waals surface area contributed by atoms with Gasteiger partial charge >= 0.3 is 0 Å². The van der Waals surface area contributed by atoms with E-state index >= 15 is 0 Å². The second kappa shape index (κ2) is 9.46. The van der Waals surface area contributed by atoms with Crippen LogP contribution in [-0.4, -0.2) is 44.8 Å². The number of ether oxygens (including phenoxy) is 2. The van der Waals surface area contributed by atoms with Crippen molar-refractivity contribution >= 4 is 35.2 Å². The zero-order valence-corrected chi connectivity index (χ0v) is 21.0. The van der Waals surface area contributed by atoms with Gasteiger partial charge in [0.15, 0.2) is 18.2 Å². The number of nitrogens with zero attached hydrogens (tertiary/aromatic N) is 3. The predicted molar refractivity (Wildman–Crippen MR) is 138 cm³/mol. The predicted octanol–water partition coefficient (Wildman–Crippen LogP) is 3.11. The summed E-state index contributed by atoms with van der Waals surface area (Å²) in [5, 5.41) is 7.42. The Labute approximate surface area is 215 Å². The first kappa shape index (κ1) is 24.7. The van der Waals surface area contributed by atoms with Gasteiger partial charge in [0.25, 0.3) is 11.5 Å². The maximum Gasteiger partial charge on any atom is 0.263 e. The van der Waals surface area contributed by atoms with E-state index in [0.29, 0.717) is 31.3 Å².